The molecule has 0 amide bonds. The van der Waals surface area contributed by atoms with Crippen LogP contribution in [-0.2, 0) is 6.54 Å². The normalized spacial score (nSPS) is 10.3. The summed E-state index contributed by atoms with van der Waals surface area (Å²) in [5.41, 5.74) is 3.18. The molecule has 0 saturated heterocycles. The van der Waals surface area contributed by atoms with E-state index in [1.54, 1.807) is 18.7 Å². The van der Waals surface area contributed by atoms with Gasteiger partial charge in [-0.3, -0.25) is 4.98 Å². The molecule has 2 N–H and O–H groups in total. The third kappa shape index (κ3) is 2.11. The maximum absolute atomic E-state index is 9.18. The van der Waals surface area contributed by atoms with E-state index in [0.29, 0.717) is 12.1 Å². The maximum Gasteiger partial charge on any atom is 0.103 e. The Labute approximate surface area is 109 Å². The van der Waals surface area contributed by atoms with E-state index in [2.05, 4.69) is 26.3 Å². The number of nitriles is 1. The number of para-hydroxylation sites is 1. The van der Waals surface area contributed by atoms with Gasteiger partial charge >= 0.3 is 0 Å². The lowest BCUT2D eigenvalue weighted by Crippen LogP contribution is -2.03. The highest BCUT2D eigenvalue weighted by molar-refractivity contribution is 5.93. The summed E-state index contributed by atoms with van der Waals surface area (Å²) in [7, 11) is 0. The molecule has 0 bridgehead atoms. The van der Waals surface area contributed by atoms with E-state index in [9.17, 15) is 5.26 Å². The Morgan fingerprint density at radius 3 is 2.95 bits per heavy atom. The summed E-state index contributed by atoms with van der Waals surface area (Å²) in [6.45, 7) is 0.586. The molecule has 3 rings (SSSR count). The molecule has 0 spiro atoms. The fraction of sp³-hybridized carbons (Fsp3) is 0.0714. The zero-order chi connectivity index (χ0) is 13.1. The van der Waals surface area contributed by atoms with Gasteiger partial charge in [-0.2, -0.15) is 5.26 Å². The monoisotopic (exact) mass is 249 g/mol. The average Bonchev–Trinajstić information content (AvgIpc) is 2.97. The van der Waals surface area contributed by atoms with E-state index in [4.69, 9.17) is 0 Å². The lowest BCUT2D eigenvalue weighted by Gasteiger charge is -2.10. The van der Waals surface area contributed by atoms with Crippen LogP contribution in [0.4, 0.5) is 5.69 Å². The summed E-state index contributed by atoms with van der Waals surface area (Å²) in [6, 6.07) is 9.92. The maximum atomic E-state index is 9.18. The summed E-state index contributed by atoms with van der Waals surface area (Å²) >= 11 is 0. The van der Waals surface area contributed by atoms with E-state index in [1.165, 1.54) is 0 Å². The van der Waals surface area contributed by atoms with Crippen molar-refractivity contribution in [3.63, 3.8) is 0 Å². The minimum Gasteiger partial charge on any atom is -0.378 e. The molecule has 19 heavy (non-hydrogen) atoms. The van der Waals surface area contributed by atoms with Crippen LogP contribution < -0.4 is 5.32 Å². The predicted octanol–water partition coefficient (Wildman–Crippen LogP) is 2.44. The number of hydrogen-bond acceptors (Lipinski definition) is 4. The Kier molecular flexibility index (Phi) is 2.83. The van der Waals surface area contributed by atoms with Crippen molar-refractivity contribution in [2.24, 2.45) is 0 Å². The van der Waals surface area contributed by atoms with Gasteiger partial charge in [0.05, 0.1) is 35.3 Å². The second kappa shape index (κ2) is 4.78. The van der Waals surface area contributed by atoms with Gasteiger partial charge in [-0.05, 0) is 6.07 Å². The largest absolute Gasteiger partial charge is 0.378 e. The number of aromatic amines is 1. The van der Waals surface area contributed by atoms with E-state index in [0.717, 1.165) is 22.3 Å². The van der Waals surface area contributed by atoms with Gasteiger partial charge in [-0.15, -0.1) is 0 Å². The summed E-state index contributed by atoms with van der Waals surface area (Å²) < 4.78 is 0. The molecule has 5 heteroatoms. The summed E-state index contributed by atoms with van der Waals surface area (Å²) in [5.74, 6) is 0. The highest BCUT2D eigenvalue weighted by atomic mass is 14.9. The number of benzene rings is 1. The van der Waals surface area contributed by atoms with Crippen molar-refractivity contribution in [2.45, 2.75) is 6.54 Å². The summed E-state index contributed by atoms with van der Waals surface area (Å²) in [5, 5.41) is 13.4. The number of nitrogens with one attached hydrogen (secondary N) is 2. The Bertz CT molecular complexity index is 740. The van der Waals surface area contributed by atoms with Crippen molar-refractivity contribution in [2.75, 3.05) is 5.32 Å². The van der Waals surface area contributed by atoms with Crippen LogP contribution >= 0.6 is 0 Å². The molecule has 2 aromatic heterocycles. The number of imidazole rings is 1. The average molecular weight is 249 g/mol. The standard InChI is InChI=1S/C14H11N5/c15-5-10-6-17-13-4-2-1-3-12(13)14(10)18-8-11-7-16-9-19-11/h1-4,6-7,9H,8H2,(H,16,19)(H,17,18). The van der Waals surface area contributed by atoms with Crippen molar-refractivity contribution >= 4 is 16.6 Å². The fourth-order valence-corrected chi connectivity index (χ4v) is 1.98. The first-order chi connectivity index (χ1) is 9.38. The van der Waals surface area contributed by atoms with E-state index in [1.807, 2.05) is 24.3 Å². The molecule has 0 aliphatic carbocycles. The molecule has 0 aliphatic rings. The first kappa shape index (κ1) is 11.2. The molecule has 1 aromatic carbocycles. The molecular formula is C14H11N5. The van der Waals surface area contributed by atoms with Crippen LogP contribution in [0, 0.1) is 11.3 Å². The lowest BCUT2D eigenvalue weighted by atomic mass is 10.1. The Balaban J connectivity index is 2.02. The molecule has 2 heterocycles. The number of hydrogen-bond donors (Lipinski definition) is 2. The SMILES string of the molecule is N#Cc1cnc2ccccc2c1NCc1cnc[nH]1. The first-order valence-electron chi connectivity index (χ1n) is 5.87. The molecule has 0 saturated carbocycles. The molecular weight excluding hydrogens is 238 g/mol. The topological polar surface area (TPSA) is 77.4 Å². The highest BCUT2D eigenvalue weighted by Gasteiger charge is 2.08. The molecule has 0 radical (unpaired) electrons. The fourth-order valence-electron chi connectivity index (χ4n) is 1.98. The minimum absolute atomic E-state index is 0.540. The van der Waals surface area contributed by atoms with Gasteiger partial charge in [-0.1, -0.05) is 18.2 Å². The number of H-pyrrole nitrogens is 1. The van der Waals surface area contributed by atoms with Crippen LogP contribution in [0.5, 0.6) is 0 Å². The smallest absolute Gasteiger partial charge is 0.103 e. The number of fused-ring (bicyclic) bond motifs is 1. The summed E-state index contributed by atoms with van der Waals surface area (Å²) in [4.78, 5) is 11.3. The van der Waals surface area contributed by atoms with Crippen molar-refractivity contribution in [1.29, 1.82) is 5.26 Å². The Hall–Kier alpha value is -2.87. The molecule has 3 aromatic rings. The second-order valence-electron chi connectivity index (χ2n) is 4.11. The van der Waals surface area contributed by atoms with Crippen LogP contribution in [0.15, 0.2) is 43.0 Å². The molecule has 5 nitrogen and oxygen atoms in total. The van der Waals surface area contributed by atoms with Gasteiger partial charge in [0, 0.05) is 17.8 Å². The van der Waals surface area contributed by atoms with Crippen molar-refractivity contribution < 1.29 is 0 Å². The van der Waals surface area contributed by atoms with Crippen LogP contribution in [0.1, 0.15) is 11.3 Å². The van der Waals surface area contributed by atoms with Crippen LogP contribution in [0.2, 0.25) is 0 Å². The molecule has 0 aliphatic heterocycles. The Morgan fingerprint density at radius 1 is 1.26 bits per heavy atom. The number of anilines is 1. The molecule has 0 unspecified atom stereocenters. The number of pyridine rings is 1. The zero-order valence-corrected chi connectivity index (χ0v) is 10.1. The van der Waals surface area contributed by atoms with E-state index in [-0.39, 0.29) is 0 Å². The molecule has 0 fully saturated rings. The third-order valence-corrected chi connectivity index (χ3v) is 2.91. The molecule has 92 valence electrons. The van der Waals surface area contributed by atoms with Crippen LogP contribution in [0.3, 0.4) is 0 Å². The second-order valence-corrected chi connectivity index (χ2v) is 4.11. The highest BCUT2D eigenvalue weighted by Crippen LogP contribution is 2.25. The van der Waals surface area contributed by atoms with Gasteiger partial charge in [0.15, 0.2) is 0 Å². The van der Waals surface area contributed by atoms with Crippen molar-refractivity contribution in [1.82, 2.24) is 15.0 Å². The van der Waals surface area contributed by atoms with Gasteiger partial charge in [0.2, 0.25) is 0 Å². The van der Waals surface area contributed by atoms with Crippen molar-refractivity contribution in [3.8, 4) is 6.07 Å². The predicted molar refractivity (Wildman–Crippen MR) is 72.4 cm³/mol. The van der Waals surface area contributed by atoms with Crippen molar-refractivity contribution in [3.05, 3.63) is 54.2 Å². The summed E-state index contributed by atoms with van der Waals surface area (Å²) in [6.07, 6.45) is 4.98. The number of rotatable bonds is 3. The quantitative estimate of drug-likeness (QED) is 0.747. The van der Waals surface area contributed by atoms with Gasteiger partial charge < -0.3 is 10.3 Å². The number of aromatic nitrogens is 3. The van der Waals surface area contributed by atoms with Crippen LogP contribution in [0.25, 0.3) is 10.9 Å². The van der Waals surface area contributed by atoms with E-state index >= 15 is 0 Å². The lowest BCUT2D eigenvalue weighted by molar-refractivity contribution is 1.07. The number of nitrogens with zero attached hydrogens (tertiary/aromatic N) is 3. The first-order valence-corrected chi connectivity index (χ1v) is 5.87. The van der Waals surface area contributed by atoms with Gasteiger partial charge in [0.1, 0.15) is 6.07 Å². The van der Waals surface area contributed by atoms with E-state index < -0.39 is 0 Å². The minimum atomic E-state index is 0.540. The van der Waals surface area contributed by atoms with Crippen LogP contribution in [-0.4, -0.2) is 15.0 Å². The Morgan fingerprint density at radius 2 is 2.16 bits per heavy atom. The zero-order valence-electron chi connectivity index (χ0n) is 10.1. The third-order valence-electron chi connectivity index (χ3n) is 2.91. The van der Waals surface area contributed by atoms with Gasteiger partial charge in [-0.25, -0.2) is 4.98 Å². The van der Waals surface area contributed by atoms with Gasteiger partial charge in [0.25, 0.3) is 0 Å². The molecule has 0 atom stereocenters.